The van der Waals surface area contributed by atoms with Crippen LogP contribution in [0.3, 0.4) is 0 Å². The normalized spacial score (nSPS) is 15.0. The maximum Gasteiger partial charge on any atom is 0.0530 e. The summed E-state index contributed by atoms with van der Waals surface area (Å²) < 4.78 is 3.18. The fraction of sp³-hybridized carbons (Fsp3) is 0. The molecule has 0 fully saturated rings. The Morgan fingerprint density at radius 2 is 2.08 bits per heavy atom. The summed E-state index contributed by atoms with van der Waals surface area (Å²) in [6.45, 7) is 0. The first-order valence-corrected chi connectivity index (χ1v) is 5.17. The summed E-state index contributed by atoms with van der Waals surface area (Å²) in [7, 11) is 0. The number of allylic oxidation sites excluding steroid dienone is 2. The third-order valence-electron chi connectivity index (χ3n) is 1.74. The molecule has 1 aliphatic rings. The molecule has 0 spiro atoms. The third-order valence-corrected chi connectivity index (χ3v) is 2.70. The molecular weight excluding hydrogens is 202 g/mol. The van der Waals surface area contributed by atoms with E-state index >= 15 is 0 Å². The molecule has 1 nitrogen and oxygen atoms in total. The molecule has 3 heteroatoms. The minimum absolute atomic E-state index is 0.775. The first-order chi connectivity index (χ1) is 6.38. The summed E-state index contributed by atoms with van der Waals surface area (Å²) >= 11 is 7.59. The molecule has 1 N–H and O–H groups in total. The van der Waals surface area contributed by atoms with E-state index in [1.54, 1.807) is 11.9 Å². The van der Waals surface area contributed by atoms with Gasteiger partial charge < -0.3 is 4.72 Å². The molecule has 1 aliphatic heterocycles. The molecule has 1 heterocycles. The first-order valence-electron chi connectivity index (χ1n) is 3.91. The van der Waals surface area contributed by atoms with Gasteiger partial charge >= 0.3 is 0 Å². The van der Waals surface area contributed by atoms with Gasteiger partial charge in [-0.25, -0.2) is 0 Å². The lowest BCUT2D eigenvalue weighted by Gasteiger charge is -2.11. The highest BCUT2D eigenvalue weighted by molar-refractivity contribution is 8.00. The molecule has 0 bridgehead atoms. The second-order valence-corrected chi connectivity index (χ2v) is 3.73. The molecule has 13 heavy (non-hydrogen) atoms. The molecule has 1 aromatic carbocycles. The molecule has 0 unspecified atom stereocenters. The highest BCUT2D eigenvalue weighted by atomic mass is 35.5. The van der Waals surface area contributed by atoms with Crippen LogP contribution in [-0.4, -0.2) is 0 Å². The fourth-order valence-electron chi connectivity index (χ4n) is 1.13. The van der Waals surface area contributed by atoms with Crippen LogP contribution in [0.4, 0.5) is 0 Å². The molecule has 1 aromatic rings. The molecule has 0 aliphatic carbocycles. The maximum atomic E-state index is 6.04. The maximum absolute atomic E-state index is 6.04. The highest BCUT2D eigenvalue weighted by Crippen LogP contribution is 2.25. The van der Waals surface area contributed by atoms with Gasteiger partial charge in [0.15, 0.2) is 0 Å². The zero-order chi connectivity index (χ0) is 9.10. The van der Waals surface area contributed by atoms with Crippen molar-refractivity contribution in [2.24, 2.45) is 0 Å². The van der Waals surface area contributed by atoms with Crippen molar-refractivity contribution >= 4 is 29.2 Å². The number of halogens is 1. The Hall–Kier alpha value is -0.860. The van der Waals surface area contributed by atoms with Crippen molar-refractivity contribution in [1.29, 1.82) is 0 Å². The predicted molar refractivity (Wildman–Crippen MR) is 59.3 cm³/mol. The highest BCUT2D eigenvalue weighted by Gasteiger charge is 2.05. The number of hydrogen-bond acceptors (Lipinski definition) is 2. The molecule has 0 atom stereocenters. The van der Waals surface area contributed by atoms with Crippen LogP contribution in [0.25, 0.3) is 5.70 Å². The summed E-state index contributed by atoms with van der Waals surface area (Å²) in [6, 6.07) is 7.80. The average Bonchev–Trinajstić information content (AvgIpc) is 2.20. The Morgan fingerprint density at radius 3 is 2.77 bits per heavy atom. The van der Waals surface area contributed by atoms with Gasteiger partial charge in [-0.05, 0) is 29.5 Å². The van der Waals surface area contributed by atoms with Gasteiger partial charge in [0.25, 0.3) is 0 Å². The summed E-state index contributed by atoms with van der Waals surface area (Å²) in [4.78, 5) is 0. The Bertz CT molecular complexity index is 371. The number of benzene rings is 1. The van der Waals surface area contributed by atoms with Crippen LogP contribution in [0, 0.1) is 0 Å². The standard InChI is InChI=1S/C10H8ClNS/c11-9-5-2-1-4-8(9)10-6-3-7-13-12-10/h1-7,12H. The minimum atomic E-state index is 0.775. The van der Waals surface area contributed by atoms with Crippen LogP contribution in [0.1, 0.15) is 5.56 Å². The molecule has 66 valence electrons. The van der Waals surface area contributed by atoms with Gasteiger partial charge in [0.05, 0.1) is 5.70 Å². The van der Waals surface area contributed by atoms with Crippen molar-refractivity contribution in [2.75, 3.05) is 0 Å². The predicted octanol–water partition coefficient (Wildman–Crippen LogP) is 3.45. The quantitative estimate of drug-likeness (QED) is 0.712. The zero-order valence-corrected chi connectivity index (χ0v) is 8.40. The lowest BCUT2D eigenvalue weighted by atomic mass is 10.1. The van der Waals surface area contributed by atoms with E-state index in [9.17, 15) is 0 Å². The van der Waals surface area contributed by atoms with Gasteiger partial charge in [-0.2, -0.15) is 0 Å². The second-order valence-electron chi connectivity index (χ2n) is 2.61. The van der Waals surface area contributed by atoms with Crippen molar-refractivity contribution in [1.82, 2.24) is 4.72 Å². The van der Waals surface area contributed by atoms with Gasteiger partial charge in [-0.1, -0.05) is 35.9 Å². The van der Waals surface area contributed by atoms with Crippen LogP contribution in [0.15, 0.2) is 41.8 Å². The molecule has 2 rings (SSSR count). The van der Waals surface area contributed by atoms with Gasteiger partial charge in [0.1, 0.15) is 0 Å². The second kappa shape index (κ2) is 3.90. The lowest BCUT2D eigenvalue weighted by Crippen LogP contribution is -2.03. The van der Waals surface area contributed by atoms with Gasteiger partial charge in [0.2, 0.25) is 0 Å². The van der Waals surface area contributed by atoms with Crippen LogP contribution in [0.2, 0.25) is 5.02 Å². The van der Waals surface area contributed by atoms with E-state index in [4.69, 9.17) is 11.6 Å². The van der Waals surface area contributed by atoms with Crippen molar-refractivity contribution in [3.8, 4) is 0 Å². The molecule has 0 saturated carbocycles. The molecule has 0 radical (unpaired) electrons. The Balaban J connectivity index is 2.40. The largest absolute Gasteiger partial charge is 0.326 e. The van der Waals surface area contributed by atoms with Crippen LogP contribution in [0.5, 0.6) is 0 Å². The van der Waals surface area contributed by atoms with Crippen LogP contribution in [-0.2, 0) is 0 Å². The van der Waals surface area contributed by atoms with Gasteiger partial charge in [0, 0.05) is 10.6 Å². The molecular formula is C10H8ClNS. The van der Waals surface area contributed by atoms with E-state index in [-0.39, 0.29) is 0 Å². The molecule has 0 aromatic heterocycles. The van der Waals surface area contributed by atoms with E-state index in [0.717, 1.165) is 16.3 Å². The summed E-state index contributed by atoms with van der Waals surface area (Å²) in [5.74, 6) is 0. The molecule has 0 amide bonds. The van der Waals surface area contributed by atoms with Gasteiger partial charge in [-0.3, -0.25) is 0 Å². The minimum Gasteiger partial charge on any atom is -0.326 e. The molecule has 0 saturated heterocycles. The zero-order valence-electron chi connectivity index (χ0n) is 6.83. The number of hydrogen-bond donors (Lipinski definition) is 1. The Labute approximate surface area is 86.6 Å². The van der Waals surface area contributed by atoms with Gasteiger partial charge in [-0.15, -0.1) is 0 Å². The summed E-state index contributed by atoms with van der Waals surface area (Å²) in [6.07, 6.45) is 4.01. The van der Waals surface area contributed by atoms with Crippen LogP contribution >= 0.6 is 23.5 Å². The monoisotopic (exact) mass is 209 g/mol. The van der Waals surface area contributed by atoms with E-state index < -0.39 is 0 Å². The fourth-order valence-corrected chi connectivity index (χ4v) is 1.90. The van der Waals surface area contributed by atoms with Crippen molar-refractivity contribution < 1.29 is 0 Å². The van der Waals surface area contributed by atoms with Crippen molar-refractivity contribution in [3.05, 3.63) is 52.4 Å². The first kappa shape index (κ1) is 8.73. The van der Waals surface area contributed by atoms with Crippen molar-refractivity contribution in [3.63, 3.8) is 0 Å². The Kier molecular flexibility index (Phi) is 2.62. The number of nitrogens with one attached hydrogen (secondary N) is 1. The SMILES string of the molecule is Clc1ccccc1C1=CC=CSN1. The van der Waals surface area contributed by atoms with E-state index in [1.807, 2.05) is 41.8 Å². The Morgan fingerprint density at radius 1 is 1.23 bits per heavy atom. The van der Waals surface area contributed by atoms with E-state index in [2.05, 4.69) is 4.72 Å². The van der Waals surface area contributed by atoms with Crippen LogP contribution < -0.4 is 4.72 Å². The number of rotatable bonds is 1. The summed E-state index contributed by atoms with van der Waals surface area (Å²) in [5.41, 5.74) is 2.10. The average molecular weight is 210 g/mol. The smallest absolute Gasteiger partial charge is 0.0530 e. The summed E-state index contributed by atoms with van der Waals surface area (Å²) in [5, 5.41) is 2.76. The lowest BCUT2D eigenvalue weighted by molar-refractivity contribution is 1.40. The topological polar surface area (TPSA) is 12.0 Å². The third kappa shape index (κ3) is 1.90. The van der Waals surface area contributed by atoms with Crippen molar-refractivity contribution in [2.45, 2.75) is 0 Å². The van der Waals surface area contributed by atoms with E-state index in [1.165, 1.54) is 0 Å². The van der Waals surface area contributed by atoms with E-state index in [0.29, 0.717) is 0 Å².